The Kier molecular flexibility index (Phi) is 16.7. The highest BCUT2D eigenvalue weighted by Crippen LogP contribution is 2.18. The van der Waals surface area contributed by atoms with Gasteiger partial charge in [-0.25, -0.2) is 0 Å². The molecular weight excluding hydrogens is 426 g/mol. The molecule has 1 aromatic carbocycles. The molecule has 0 unspecified atom stereocenters. The Labute approximate surface area is 219 Å². The minimum Gasteiger partial charge on any atom is -0.314 e. The van der Waals surface area contributed by atoms with Crippen molar-refractivity contribution in [2.45, 2.75) is 136 Å². The molecule has 3 heteroatoms. The molecule has 0 atom stereocenters. The maximum atomic E-state index is 3.71. The van der Waals surface area contributed by atoms with Gasteiger partial charge in [0.2, 0.25) is 0 Å². The summed E-state index contributed by atoms with van der Waals surface area (Å²) in [6, 6.07) is 10.7. The summed E-state index contributed by atoms with van der Waals surface area (Å²) in [5, 5.41) is 10.9. The third-order valence-electron chi connectivity index (χ3n) is 7.56. The van der Waals surface area contributed by atoms with E-state index in [1.807, 2.05) is 0 Å². The van der Waals surface area contributed by atoms with Gasteiger partial charge < -0.3 is 16.0 Å². The molecule has 0 heterocycles. The molecule has 202 valence electrons. The zero-order valence-electron chi connectivity index (χ0n) is 23.8. The van der Waals surface area contributed by atoms with Gasteiger partial charge in [-0.2, -0.15) is 0 Å². The van der Waals surface area contributed by atoms with Crippen LogP contribution >= 0.6 is 0 Å². The van der Waals surface area contributed by atoms with Gasteiger partial charge in [-0.15, -0.1) is 0 Å². The van der Waals surface area contributed by atoms with E-state index >= 15 is 0 Å². The van der Waals surface area contributed by atoms with Crippen molar-refractivity contribution in [1.29, 1.82) is 0 Å². The van der Waals surface area contributed by atoms with Crippen LogP contribution in [0.4, 0.5) is 0 Å². The van der Waals surface area contributed by atoms with Crippen molar-refractivity contribution < 1.29 is 0 Å². The maximum Gasteiger partial charge on any atom is 0.0205 e. The Hall–Kier alpha value is -0.900. The Morgan fingerprint density at radius 2 is 1.14 bits per heavy atom. The second kappa shape index (κ2) is 19.2. The van der Waals surface area contributed by atoms with Gasteiger partial charge in [-0.05, 0) is 94.0 Å². The molecule has 0 bridgehead atoms. The summed E-state index contributed by atoms with van der Waals surface area (Å²) in [5.74, 6) is 1.61. The van der Waals surface area contributed by atoms with Gasteiger partial charge in [-0.1, -0.05) is 90.5 Å². The third kappa shape index (κ3) is 15.7. The molecule has 3 nitrogen and oxygen atoms in total. The molecule has 2 fully saturated rings. The zero-order valence-corrected chi connectivity index (χ0v) is 23.8. The van der Waals surface area contributed by atoms with E-state index < -0.39 is 0 Å². The quantitative estimate of drug-likeness (QED) is 0.237. The predicted octanol–water partition coefficient (Wildman–Crippen LogP) is 7.63. The van der Waals surface area contributed by atoms with Gasteiger partial charge in [0.15, 0.2) is 0 Å². The van der Waals surface area contributed by atoms with E-state index in [0.717, 1.165) is 43.6 Å². The van der Waals surface area contributed by atoms with E-state index in [0.29, 0.717) is 0 Å². The van der Waals surface area contributed by atoms with Crippen LogP contribution in [-0.4, -0.2) is 31.7 Å². The number of nitrogens with one attached hydrogen (secondary N) is 3. The van der Waals surface area contributed by atoms with Crippen LogP contribution in [0.2, 0.25) is 0 Å². The van der Waals surface area contributed by atoms with Crippen LogP contribution in [0.5, 0.6) is 0 Å². The first kappa shape index (κ1) is 30.3. The number of hydrogen-bond donors (Lipinski definition) is 3. The fourth-order valence-electron chi connectivity index (χ4n) is 5.45. The van der Waals surface area contributed by atoms with Gasteiger partial charge in [0.05, 0.1) is 0 Å². The molecule has 3 rings (SSSR count). The normalized spacial score (nSPS) is 17.5. The van der Waals surface area contributed by atoms with Crippen LogP contribution in [0.1, 0.15) is 122 Å². The van der Waals surface area contributed by atoms with E-state index in [1.165, 1.54) is 108 Å². The highest BCUT2D eigenvalue weighted by Gasteiger charge is 2.12. The fourth-order valence-corrected chi connectivity index (χ4v) is 5.45. The van der Waals surface area contributed by atoms with E-state index in [2.05, 4.69) is 67.9 Å². The average molecular weight is 486 g/mol. The van der Waals surface area contributed by atoms with Crippen LogP contribution < -0.4 is 16.0 Å². The second-order valence-electron chi connectivity index (χ2n) is 12.1. The van der Waals surface area contributed by atoms with Crippen LogP contribution in [0.25, 0.3) is 0 Å². The first-order chi connectivity index (χ1) is 17.0. The van der Waals surface area contributed by atoms with E-state index in [-0.39, 0.29) is 0 Å². The summed E-state index contributed by atoms with van der Waals surface area (Å²) in [6.07, 6.45) is 19.4. The van der Waals surface area contributed by atoms with Crippen molar-refractivity contribution in [3.63, 3.8) is 0 Å². The van der Waals surface area contributed by atoms with Crippen molar-refractivity contribution >= 4 is 0 Å². The standard InChI is InChI=1S/C20H34N2.C12H25N/c1-17(2)15-18-9-11-19(12-10-18)16-21-13-6-14-22-20-7-4-3-5-8-20;1-11(2)7-6-10-13-12-8-4-3-5-9-12/h9-12,17,20-22H,3-8,13-16H2,1-2H3;11-13H,3-10H2,1-2H3. The highest BCUT2D eigenvalue weighted by molar-refractivity contribution is 5.22. The van der Waals surface area contributed by atoms with Crippen LogP contribution in [0.15, 0.2) is 24.3 Å². The van der Waals surface area contributed by atoms with Crippen molar-refractivity contribution in [3.8, 4) is 0 Å². The Balaban J connectivity index is 0.000000283. The Bertz CT molecular complexity index is 598. The smallest absolute Gasteiger partial charge is 0.0205 e. The fraction of sp³-hybridized carbons (Fsp3) is 0.812. The zero-order chi connectivity index (χ0) is 25.1. The lowest BCUT2D eigenvalue weighted by molar-refractivity contribution is 0.366. The van der Waals surface area contributed by atoms with Gasteiger partial charge in [0.1, 0.15) is 0 Å². The summed E-state index contributed by atoms with van der Waals surface area (Å²) >= 11 is 0. The summed E-state index contributed by atoms with van der Waals surface area (Å²) in [7, 11) is 0. The van der Waals surface area contributed by atoms with Crippen LogP contribution in [0, 0.1) is 11.8 Å². The van der Waals surface area contributed by atoms with Gasteiger partial charge in [0.25, 0.3) is 0 Å². The summed E-state index contributed by atoms with van der Waals surface area (Å²) in [4.78, 5) is 0. The molecule has 35 heavy (non-hydrogen) atoms. The molecule has 0 saturated heterocycles. The lowest BCUT2D eigenvalue weighted by atomic mass is 9.95. The molecular formula is C32H59N3. The number of benzene rings is 1. The lowest BCUT2D eigenvalue weighted by Crippen LogP contribution is -2.33. The minimum absolute atomic E-state index is 0.737. The monoisotopic (exact) mass is 485 g/mol. The summed E-state index contributed by atoms with van der Waals surface area (Å²) < 4.78 is 0. The molecule has 2 saturated carbocycles. The molecule has 0 aromatic heterocycles. The summed E-state index contributed by atoms with van der Waals surface area (Å²) in [6.45, 7) is 13.7. The largest absolute Gasteiger partial charge is 0.314 e. The maximum absolute atomic E-state index is 3.71. The first-order valence-corrected chi connectivity index (χ1v) is 15.3. The molecule has 0 aliphatic heterocycles. The molecule has 0 spiro atoms. The Morgan fingerprint density at radius 1 is 0.629 bits per heavy atom. The van der Waals surface area contributed by atoms with Crippen molar-refractivity contribution in [1.82, 2.24) is 16.0 Å². The molecule has 0 radical (unpaired) electrons. The van der Waals surface area contributed by atoms with Gasteiger partial charge in [0, 0.05) is 18.6 Å². The van der Waals surface area contributed by atoms with Crippen molar-refractivity contribution in [3.05, 3.63) is 35.4 Å². The van der Waals surface area contributed by atoms with Crippen LogP contribution in [-0.2, 0) is 13.0 Å². The number of rotatable bonds is 14. The topological polar surface area (TPSA) is 36.1 Å². The van der Waals surface area contributed by atoms with E-state index in [1.54, 1.807) is 0 Å². The molecule has 3 N–H and O–H groups in total. The SMILES string of the molecule is CC(C)CCCNC1CCCCC1.CC(C)Cc1ccc(CNCCCNC2CCCCC2)cc1. The van der Waals surface area contributed by atoms with Crippen molar-refractivity contribution in [2.75, 3.05) is 19.6 Å². The summed E-state index contributed by atoms with van der Waals surface area (Å²) in [5.41, 5.74) is 2.85. The highest BCUT2D eigenvalue weighted by atomic mass is 14.9. The molecule has 2 aliphatic rings. The lowest BCUT2D eigenvalue weighted by Gasteiger charge is -2.22. The third-order valence-corrected chi connectivity index (χ3v) is 7.56. The first-order valence-electron chi connectivity index (χ1n) is 15.3. The van der Waals surface area contributed by atoms with E-state index in [9.17, 15) is 0 Å². The minimum atomic E-state index is 0.737. The van der Waals surface area contributed by atoms with Gasteiger partial charge >= 0.3 is 0 Å². The van der Waals surface area contributed by atoms with E-state index in [4.69, 9.17) is 0 Å². The van der Waals surface area contributed by atoms with Crippen molar-refractivity contribution in [2.24, 2.45) is 11.8 Å². The van der Waals surface area contributed by atoms with Gasteiger partial charge in [-0.3, -0.25) is 0 Å². The Morgan fingerprint density at radius 3 is 1.66 bits per heavy atom. The predicted molar refractivity (Wildman–Crippen MR) is 155 cm³/mol. The molecule has 2 aliphatic carbocycles. The second-order valence-corrected chi connectivity index (χ2v) is 12.1. The average Bonchev–Trinajstić information content (AvgIpc) is 2.86. The molecule has 0 amide bonds. The van der Waals surface area contributed by atoms with Crippen LogP contribution in [0.3, 0.4) is 0 Å². The molecule has 1 aromatic rings. The number of hydrogen-bond acceptors (Lipinski definition) is 3.